The Morgan fingerprint density at radius 1 is 1.17 bits per heavy atom. The number of hydrogen-bond acceptors (Lipinski definition) is 5. The molecule has 1 aliphatic heterocycles. The minimum atomic E-state index is -3.68. The average molecular weight is 449 g/mol. The highest BCUT2D eigenvalue weighted by atomic mass is 32.2. The lowest BCUT2D eigenvalue weighted by Gasteiger charge is -2.27. The largest absolute Gasteiger partial charge is 0.379 e. The third kappa shape index (κ3) is 5.06. The van der Waals surface area contributed by atoms with Gasteiger partial charge in [0.05, 0.1) is 24.2 Å². The molecule has 1 atom stereocenters. The molecule has 1 amide bonds. The maximum absolute atomic E-state index is 13.2. The Morgan fingerprint density at radius 2 is 1.83 bits per heavy atom. The highest BCUT2D eigenvalue weighted by Gasteiger charge is 2.29. The van der Waals surface area contributed by atoms with Crippen molar-refractivity contribution in [2.24, 2.45) is 0 Å². The van der Waals surface area contributed by atoms with E-state index >= 15 is 0 Å². The van der Waals surface area contributed by atoms with Crippen LogP contribution in [0.1, 0.15) is 41.4 Å². The summed E-state index contributed by atoms with van der Waals surface area (Å²) in [5, 5.41) is 2.97. The van der Waals surface area contributed by atoms with Gasteiger partial charge in [0.15, 0.2) is 0 Å². The fourth-order valence-corrected chi connectivity index (χ4v) is 5.55. The summed E-state index contributed by atoms with van der Waals surface area (Å²) < 4.78 is 33.1. The number of ether oxygens (including phenoxy) is 1. The lowest BCUT2D eigenvalue weighted by molar-refractivity contribution is 0.0730. The summed E-state index contributed by atoms with van der Waals surface area (Å²) in [7, 11) is -3.68. The molecule has 0 saturated carbocycles. The minimum Gasteiger partial charge on any atom is -0.379 e. The van der Waals surface area contributed by atoms with Crippen molar-refractivity contribution >= 4 is 27.7 Å². The molecule has 1 saturated heterocycles. The van der Waals surface area contributed by atoms with E-state index < -0.39 is 10.0 Å². The fraction of sp³-hybridized carbons (Fsp3) is 0.409. The van der Waals surface area contributed by atoms with Crippen LogP contribution < -0.4 is 5.32 Å². The molecule has 6 nitrogen and oxygen atoms in total. The quantitative estimate of drug-likeness (QED) is 0.657. The van der Waals surface area contributed by atoms with Gasteiger partial charge in [-0.3, -0.25) is 4.79 Å². The predicted octanol–water partition coefficient (Wildman–Crippen LogP) is 3.48. The van der Waals surface area contributed by atoms with Gasteiger partial charge in [0.25, 0.3) is 5.91 Å². The topological polar surface area (TPSA) is 75.7 Å². The van der Waals surface area contributed by atoms with E-state index in [1.165, 1.54) is 10.4 Å². The SMILES string of the molecule is CCc1ccc(C(=O)NC(C)c2ccc(SC)cc2)cc1S(=O)(=O)N1CCOCC1. The van der Waals surface area contributed by atoms with Gasteiger partial charge in [-0.05, 0) is 55.0 Å². The van der Waals surface area contributed by atoms with Crippen molar-refractivity contribution in [3.8, 4) is 0 Å². The molecular formula is C22H28N2O4S2. The summed E-state index contributed by atoms with van der Waals surface area (Å²) in [5.74, 6) is -0.294. The van der Waals surface area contributed by atoms with Gasteiger partial charge in [0, 0.05) is 23.5 Å². The number of aryl methyl sites for hydroxylation is 1. The van der Waals surface area contributed by atoms with E-state index in [0.717, 1.165) is 10.5 Å². The first-order chi connectivity index (χ1) is 14.4. The summed E-state index contributed by atoms with van der Waals surface area (Å²) in [4.78, 5) is 14.2. The standard InChI is InChI=1S/C22H28N2O4S2/c1-4-17-5-6-19(15-21(17)30(26,27)24-11-13-28-14-12-24)22(25)23-16(2)18-7-9-20(29-3)10-8-18/h5-10,15-16H,4,11-14H2,1-3H3,(H,23,25). The average Bonchev–Trinajstić information content (AvgIpc) is 2.79. The molecule has 1 N–H and O–H groups in total. The van der Waals surface area contributed by atoms with Crippen molar-refractivity contribution in [2.45, 2.75) is 36.1 Å². The van der Waals surface area contributed by atoms with Crippen LogP contribution in [0.3, 0.4) is 0 Å². The molecule has 8 heteroatoms. The van der Waals surface area contributed by atoms with E-state index in [-0.39, 0.29) is 16.8 Å². The van der Waals surface area contributed by atoms with Crippen LogP contribution in [-0.2, 0) is 21.2 Å². The summed E-state index contributed by atoms with van der Waals surface area (Å²) in [6.07, 6.45) is 2.59. The maximum Gasteiger partial charge on any atom is 0.251 e. The van der Waals surface area contributed by atoms with E-state index in [1.807, 2.05) is 44.4 Å². The Bertz CT molecular complexity index is 985. The number of benzene rings is 2. The van der Waals surface area contributed by atoms with E-state index in [1.54, 1.807) is 23.9 Å². The summed E-state index contributed by atoms with van der Waals surface area (Å²) in [5.41, 5.74) is 2.04. The molecule has 2 aromatic rings. The Labute approximate surface area is 183 Å². The Morgan fingerprint density at radius 3 is 2.43 bits per heavy atom. The number of nitrogens with zero attached hydrogens (tertiary/aromatic N) is 1. The zero-order valence-electron chi connectivity index (χ0n) is 17.6. The second-order valence-corrected chi connectivity index (χ2v) is 9.95. The molecular weight excluding hydrogens is 420 g/mol. The number of carbonyl (C=O) groups excluding carboxylic acids is 1. The molecule has 30 heavy (non-hydrogen) atoms. The monoisotopic (exact) mass is 448 g/mol. The van der Waals surface area contributed by atoms with Crippen molar-refractivity contribution in [3.63, 3.8) is 0 Å². The van der Waals surface area contributed by atoms with Crippen LogP contribution in [0.4, 0.5) is 0 Å². The van der Waals surface area contributed by atoms with Crippen molar-refractivity contribution in [2.75, 3.05) is 32.6 Å². The number of carbonyl (C=O) groups is 1. The Hall–Kier alpha value is -1.87. The summed E-state index contributed by atoms with van der Waals surface area (Å²) in [6, 6.07) is 12.8. The summed E-state index contributed by atoms with van der Waals surface area (Å²) in [6.45, 7) is 5.24. The molecule has 0 radical (unpaired) electrons. The molecule has 2 aromatic carbocycles. The molecule has 162 valence electrons. The van der Waals surface area contributed by atoms with Crippen molar-refractivity contribution in [1.82, 2.24) is 9.62 Å². The third-order valence-electron chi connectivity index (χ3n) is 5.26. The Balaban J connectivity index is 1.83. The zero-order valence-corrected chi connectivity index (χ0v) is 19.2. The lowest BCUT2D eigenvalue weighted by Crippen LogP contribution is -2.41. The van der Waals surface area contributed by atoms with Gasteiger partial charge >= 0.3 is 0 Å². The molecule has 1 fully saturated rings. The fourth-order valence-electron chi connectivity index (χ4n) is 3.41. The minimum absolute atomic E-state index is 0.196. The first-order valence-corrected chi connectivity index (χ1v) is 12.7. The highest BCUT2D eigenvalue weighted by Crippen LogP contribution is 2.24. The Kier molecular flexibility index (Phi) is 7.57. The van der Waals surface area contributed by atoms with Crippen molar-refractivity contribution < 1.29 is 17.9 Å². The van der Waals surface area contributed by atoms with Gasteiger partial charge in [-0.25, -0.2) is 8.42 Å². The molecule has 0 aromatic heterocycles. The first-order valence-electron chi connectivity index (χ1n) is 10.0. The van der Waals surface area contributed by atoms with Crippen LogP contribution in [0.25, 0.3) is 0 Å². The van der Waals surface area contributed by atoms with Crippen LogP contribution in [0, 0.1) is 0 Å². The van der Waals surface area contributed by atoms with Crippen LogP contribution in [0.15, 0.2) is 52.3 Å². The highest BCUT2D eigenvalue weighted by molar-refractivity contribution is 7.98. The first kappa shape index (κ1) is 22.8. The van der Waals surface area contributed by atoms with Gasteiger partial charge in [-0.2, -0.15) is 4.31 Å². The molecule has 1 unspecified atom stereocenters. The van der Waals surface area contributed by atoms with Gasteiger partial charge in [-0.1, -0.05) is 25.1 Å². The van der Waals surface area contributed by atoms with Crippen LogP contribution in [-0.4, -0.2) is 51.2 Å². The maximum atomic E-state index is 13.2. The normalized spacial score (nSPS) is 16.2. The second-order valence-electron chi connectivity index (χ2n) is 7.16. The predicted molar refractivity (Wildman–Crippen MR) is 120 cm³/mol. The van der Waals surface area contributed by atoms with Crippen molar-refractivity contribution in [1.29, 1.82) is 0 Å². The molecule has 0 bridgehead atoms. The van der Waals surface area contributed by atoms with Crippen LogP contribution >= 0.6 is 11.8 Å². The molecule has 3 rings (SSSR count). The van der Waals surface area contributed by atoms with Gasteiger partial charge in [0.1, 0.15) is 0 Å². The molecule has 0 spiro atoms. The molecule has 1 aliphatic rings. The van der Waals surface area contributed by atoms with Gasteiger partial charge in [-0.15, -0.1) is 11.8 Å². The number of nitrogens with one attached hydrogen (secondary N) is 1. The number of amides is 1. The zero-order chi connectivity index (χ0) is 21.7. The van der Waals surface area contributed by atoms with E-state index in [4.69, 9.17) is 4.74 Å². The van der Waals surface area contributed by atoms with Crippen molar-refractivity contribution in [3.05, 3.63) is 59.2 Å². The number of morpholine rings is 1. The van der Waals surface area contributed by atoms with Crippen LogP contribution in [0.2, 0.25) is 0 Å². The smallest absolute Gasteiger partial charge is 0.251 e. The number of rotatable bonds is 7. The molecule has 0 aliphatic carbocycles. The van der Waals surface area contributed by atoms with Gasteiger partial charge < -0.3 is 10.1 Å². The number of thioether (sulfide) groups is 1. The van der Waals surface area contributed by atoms with E-state index in [2.05, 4.69) is 5.32 Å². The van der Waals surface area contributed by atoms with Crippen LogP contribution in [0.5, 0.6) is 0 Å². The third-order valence-corrected chi connectivity index (χ3v) is 7.99. The van der Waals surface area contributed by atoms with E-state index in [9.17, 15) is 13.2 Å². The second kappa shape index (κ2) is 9.96. The van der Waals surface area contributed by atoms with Gasteiger partial charge in [0.2, 0.25) is 10.0 Å². The number of sulfonamides is 1. The summed E-state index contributed by atoms with van der Waals surface area (Å²) >= 11 is 1.66. The lowest BCUT2D eigenvalue weighted by atomic mass is 10.1. The van der Waals surface area contributed by atoms with E-state index in [0.29, 0.717) is 43.9 Å². The number of hydrogen-bond donors (Lipinski definition) is 1. The molecule has 1 heterocycles.